The number of hydrogen-bond acceptors (Lipinski definition) is 4. The molecule has 1 amide bonds. The molecule has 5 nitrogen and oxygen atoms in total. The van der Waals surface area contributed by atoms with Gasteiger partial charge in [0.1, 0.15) is 5.76 Å². The summed E-state index contributed by atoms with van der Waals surface area (Å²) in [5.41, 5.74) is 0.464. The summed E-state index contributed by atoms with van der Waals surface area (Å²) in [6, 6.07) is 0.449. The lowest BCUT2D eigenvalue weighted by atomic mass is 9.97. The molecule has 0 spiro atoms. The first-order valence-electron chi connectivity index (χ1n) is 6.17. The maximum absolute atomic E-state index is 12.3. The molecule has 1 aromatic rings. The Kier molecular flexibility index (Phi) is 2.63. The van der Waals surface area contributed by atoms with Gasteiger partial charge in [-0.2, -0.15) is 0 Å². The summed E-state index contributed by atoms with van der Waals surface area (Å²) in [6.07, 6.45) is 3.73. The van der Waals surface area contributed by atoms with Gasteiger partial charge in [-0.25, -0.2) is 4.98 Å². The van der Waals surface area contributed by atoms with E-state index in [1.54, 1.807) is 6.92 Å². The summed E-state index contributed by atoms with van der Waals surface area (Å²) in [5, 5.41) is 3.49. The smallest absolute Gasteiger partial charge is 0.276 e. The van der Waals surface area contributed by atoms with Crippen LogP contribution in [0.5, 0.6) is 0 Å². The van der Waals surface area contributed by atoms with Crippen molar-refractivity contribution in [2.75, 3.05) is 19.6 Å². The first kappa shape index (κ1) is 10.8. The second kappa shape index (κ2) is 4.14. The molecule has 17 heavy (non-hydrogen) atoms. The van der Waals surface area contributed by atoms with Gasteiger partial charge in [0.05, 0.1) is 0 Å². The summed E-state index contributed by atoms with van der Waals surface area (Å²) in [4.78, 5) is 18.3. The highest BCUT2D eigenvalue weighted by Crippen LogP contribution is 2.22. The number of oxazole rings is 1. The highest BCUT2D eigenvalue weighted by atomic mass is 16.3. The molecule has 92 valence electrons. The normalized spacial score (nSPS) is 28.2. The number of aromatic nitrogens is 1. The maximum Gasteiger partial charge on any atom is 0.276 e. The van der Waals surface area contributed by atoms with Crippen LogP contribution in [0.4, 0.5) is 0 Å². The van der Waals surface area contributed by atoms with Crippen LogP contribution in [0.15, 0.2) is 10.8 Å². The van der Waals surface area contributed by atoms with Gasteiger partial charge in [0, 0.05) is 19.1 Å². The van der Waals surface area contributed by atoms with E-state index >= 15 is 0 Å². The number of rotatable bonds is 1. The number of nitrogens with one attached hydrogen (secondary N) is 1. The van der Waals surface area contributed by atoms with E-state index in [1.165, 1.54) is 19.2 Å². The molecule has 5 heteroatoms. The molecule has 2 bridgehead atoms. The van der Waals surface area contributed by atoms with Crippen LogP contribution in [0.25, 0.3) is 0 Å². The van der Waals surface area contributed by atoms with Crippen LogP contribution >= 0.6 is 0 Å². The Morgan fingerprint density at radius 1 is 1.53 bits per heavy atom. The third kappa shape index (κ3) is 1.95. The van der Waals surface area contributed by atoms with E-state index in [0.29, 0.717) is 23.4 Å². The van der Waals surface area contributed by atoms with Gasteiger partial charge in [0.15, 0.2) is 12.1 Å². The molecule has 0 aromatic carbocycles. The SMILES string of the molecule is Cc1ocnc1C(=O)N1CC2CCC(C1)NC2. The second-order valence-electron chi connectivity index (χ2n) is 5.02. The zero-order valence-electron chi connectivity index (χ0n) is 9.98. The first-order chi connectivity index (χ1) is 8.24. The number of aryl methyl sites for hydroxylation is 1. The molecule has 0 saturated carbocycles. The van der Waals surface area contributed by atoms with Crippen LogP contribution in [-0.4, -0.2) is 41.5 Å². The standard InChI is InChI=1S/C12H17N3O2/c1-8-11(14-7-17-8)12(16)15-5-9-2-3-10(6-15)13-4-9/h7,9-10,13H,2-6H2,1H3. The van der Waals surface area contributed by atoms with Crippen molar-refractivity contribution in [3.05, 3.63) is 17.8 Å². The molecule has 1 N–H and O–H groups in total. The highest BCUT2D eigenvalue weighted by molar-refractivity contribution is 5.93. The molecule has 2 atom stereocenters. The Labute approximate surface area is 100 Å². The first-order valence-corrected chi connectivity index (χ1v) is 6.17. The summed E-state index contributed by atoms with van der Waals surface area (Å²) >= 11 is 0. The number of amides is 1. The van der Waals surface area contributed by atoms with E-state index in [9.17, 15) is 4.79 Å². The fourth-order valence-electron chi connectivity index (χ4n) is 2.76. The molecule has 2 unspecified atom stereocenters. The molecule has 3 aliphatic rings. The lowest BCUT2D eigenvalue weighted by Crippen LogP contribution is -2.40. The minimum Gasteiger partial charge on any atom is -0.448 e. The Hall–Kier alpha value is -1.36. The minimum absolute atomic E-state index is 0.0110. The third-order valence-corrected chi connectivity index (χ3v) is 3.77. The predicted octanol–water partition coefficient (Wildman–Crippen LogP) is 0.807. The molecular formula is C12H17N3O2. The summed E-state index contributed by atoms with van der Waals surface area (Å²) in [6.45, 7) is 4.45. The van der Waals surface area contributed by atoms with Gasteiger partial charge in [-0.3, -0.25) is 4.79 Å². The maximum atomic E-state index is 12.3. The number of nitrogens with zero attached hydrogens (tertiary/aromatic N) is 2. The third-order valence-electron chi connectivity index (χ3n) is 3.77. The molecule has 0 radical (unpaired) electrons. The molecule has 4 heterocycles. The van der Waals surface area contributed by atoms with Crippen LogP contribution in [0, 0.1) is 12.8 Å². The summed E-state index contributed by atoms with van der Waals surface area (Å²) < 4.78 is 5.10. The minimum atomic E-state index is 0.0110. The zero-order valence-corrected chi connectivity index (χ0v) is 9.98. The fourth-order valence-corrected chi connectivity index (χ4v) is 2.76. The van der Waals surface area contributed by atoms with Gasteiger partial charge in [-0.05, 0) is 32.2 Å². The van der Waals surface area contributed by atoms with Crippen LogP contribution in [0.2, 0.25) is 0 Å². The van der Waals surface area contributed by atoms with Crippen molar-refractivity contribution < 1.29 is 9.21 Å². The van der Waals surface area contributed by atoms with Gasteiger partial charge in [-0.1, -0.05) is 0 Å². The van der Waals surface area contributed by atoms with Crippen LogP contribution in [-0.2, 0) is 0 Å². The van der Waals surface area contributed by atoms with Crippen LogP contribution < -0.4 is 5.32 Å². The molecule has 0 aliphatic carbocycles. The van der Waals surface area contributed by atoms with Gasteiger partial charge in [0.25, 0.3) is 5.91 Å². The van der Waals surface area contributed by atoms with Gasteiger partial charge in [-0.15, -0.1) is 0 Å². The van der Waals surface area contributed by atoms with E-state index in [-0.39, 0.29) is 5.91 Å². The van der Waals surface area contributed by atoms with E-state index < -0.39 is 0 Å². The lowest BCUT2D eigenvalue weighted by molar-refractivity contribution is 0.0742. The summed E-state index contributed by atoms with van der Waals surface area (Å²) in [7, 11) is 0. The van der Waals surface area contributed by atoms with Gasteiger partial charge >= 0.3 is 0 Å². The molecular weight excluding hydrogens is 218 g/mol. The van der Waals surface area contributed by atoms with Crippen molar-refractivity contribution in [1.29, 1.82) is 0 Å². The number of carbonyl (C=O) groups is 1. The Balaban J connectivity index is 1.80. The van der Waals surface area contributed by atoms with Crippen molar-refractivity contribution in [3.8, 4) is 0 Å². The lowest BCUT2D eigenvalue weighted by Gasteiger charge is -2.22. The van der Waals surface area contributed by atoms with Crippen molar-refractivity contribution in [2.24, 2.45) is 5.92 Å². The Bertz CT molecular complexity index is 407. The highest BCUT2D eigenvalue weighted by Gasteiger charge is 2.32. The van der Waals surface area contributed by atoms with E-state index in [1.807, 2.05) is 4.90 Å². The number of piperidine rings is 1. The predicted molar refractivity (Wildman–Crippen MR) is 61.7 cm³/mol. The van der Waals surface area contributed by atoms with Crippen molar-refractivity contribution >= 4 is 5.91 Å². The van der Waals surface area contributed by atoms with E-state index in [0.717, 1.165) is 19.6 Å². The van der Waals surface area contributed by atoms with Crippen molar-refractivity contribution in [2.45, 2.75) is 25.8 Å². The van der Waals surface area contributed by atoms with Crippen LogP contribution in [0.1, 0.15) is 29.1 Å². The Morgan fingerprint density at radius 2 is 2.41 bits per heavy atom. The molecule has 3 saturated heterocycles. The molecule has 4 rings (SSSR count). The average Bonchev–Trinajstić information content (AvgIpc) is 2.57. The quantitative estimate of drug-likeness (QED) is 0.782. The monoisotopic (exact) mass is 235 g/mol. The van der Waals surface area contributed by atoms with E-state index in [2.05, 4.69) is 10.3 Å². The largest absolute Gasteiger partial charge is 0.448 e. The number of carbonyl (C=O) groups excluding carboxylic acids is 1. The van der Waals surface area contributed by atoms with Crippen molar-refractivity contribution in [1.82, 2.24) is 15.2 Å². The fraction of sp³-hybridized carbons (Fsp3) is 0.667. The Morgan fingerprint density at radius 3 is 3.06 bits per heavy atom. The zero-order chi connectivity index (χ0) is 11.8. The molecule has 1 aromatic heterocycles. The summed E-state index contributed by atoms with van der Waals surface area (Å²) in [5.74, 6) is 1.21. The second-order valence-corrected chi connectivity index (χ2v) is 5.02. The van der Waals surface area contributed by atoms with Crippen molar-refractivity contribution in [3.63, 3.8) is 0 Å². The number of hydrogen-bond donors (Lipinski definition) is 1. The van der Waals surface area contributed by atoms with Crippen LogP contribution in [0.3, 0.4) is 0 Å². The molecule has 3 aliphatic heterocycles. The van der Waals surface area contributed by atoms with E-state index in [4.69, 9.17) is 4.42 Å². The average molecular weight is 235 g/mol. The number of fused-ring (bicyclic) bond motifs is 4. The van der Waals surface area contributed by atoms with Gasteiger partial charge in [0.2, 0.25) is 0 Å². The molecule has 3 fully saturated rings. The van der Waals surface area contributed by atoms with Gasteiger partial charge < -0.3 is 14.6 Å². The topological polar surface area (TPSA) is 58.4 Å².